The number of rotatable bonds is 5. The second-order valence-electron chi connectivity index (χ2n) is 5.78. The van der Waals surface area contributed by atoms with Gasteiger partial charge in [0.2, 0.25) is 0 Å². The van der Waals surface area contributed by atoms with E-state index in [9.17, 15) is 0 Å². The Kier molecular flexibility index (Phi) is 4.12. The predicted molar refractivity (Wildman–Crippen MR) is 84.8 cm³/mol. The first-order valence-electron chi connectivity index (χ1n) is 7.72. The van der Waals surface area contributed by atoms with E-state index in [2.05, 4.69) is 22.4 Å². The molecule has 114 valence electrons. The van der Waals surface area contributed by atoms with Gasteiger partial charge in [0.25, 0.3) is 0 Å². The van der Waals surface area contributed by atoms with Crippen molar-refractivity contribution in [3.8, 4) is 0 Å². The van der Waals surface area contributed by atoms with Crippen LogP contribution in [0.3, 0.4) is 0 Å². The molecule has 21 heavy (non-hydrogen) atoms. The molecule has 2 aromatic heterocycles. The molecule has 1 aliphatic heterocycles. The number of imidazole rings is 1. The topological polar surface area (TPSA) is 55.8 Å². The van der Waals surface area contributed by atoms with E-state index in [0.717, 1.165) is 43.8 Å². The van der Waals surface area contributed by atoms with Crippen LogP contribution in [0, 0.1) is 0 Å². The van der Waals surface area contributed by atoms with Gasteiger partial charge < -0.3 is 19.8 Å². The average Bonchev–Trinajstić information content (AvgIpc) is 3.12. The third-order valence-electron chi connectivity index (χ3n) is 4.37. The highest BCUT2D eigenvalue weighted by Crippen LogP contribution is 2.27. The van der Waals surface area contributed by atoms with Crippen molar-refractivity contribution in [2.75, 3.05) is 25.1 Å². The Morgan fingerprint density at radius 2 is 2.33 bits per heavy atom. The lowest BCUT2D eigenvalue weighted by Gasteiger charge is -2.19. The number of ether oxygens (including phenoxy) is 1. The highest BCUT2D eigenvalue weighted by molar-refractivity contribution is 5.56. The molecule has 1 aliphatic rings. The number of methoxy groups -OCH3 is 1. The molecule has 2 atom stereocenters. The van der Waals surface area contributed by atoms with Crippen molar-refractivity contribution in [3.63, 3.8) is 0 Å². The normalized spacial score (nSPS) is 20.3. The molecule has 5 nitrogen and oxygen atoms in total. The van der Waals surface area contributed by atoms with Crippen LogP contribution in [-0.2, 0) is 11.2 Å². The van der Waals surface area contributed by atoms with Gasteiger partial charge in [-0.15, -0.1) is 0 Å². The van der Waals surface area contributed by atoms with Crippen molar-refractivity contribution >= 4 is 11.5 Å². The first kappa shape index (κ1) is 14.4. The Hall–Kier alpha value is -1.59. The van der Waals surface area contributed by atoms with E-state index in [0.29, 0.717) is 6.10 Å². The van der Waals surface area contributed by atoms with Crippen molar-refractivity contribution < 1.29 is 4.74 Å². The highest BCUT2D eigenvalue weighted by Gasteiger charge is 2.27. The van der Waals surface area contributed by atoms with E-state index in [4.69, 9.17) is 15.5 Å². The Morgan fingerprint density at radius 3 is 3.05 bits per heavy atom. The number of hydrogen-bond donors (Lipinski definition) is 1. The van der Waals surface area contributed by atoms with Crippen molar-refractivity contribution in [2.24, 2.45) is 5.73 Å². The van der Waals surface area contributed by atoms with Crippen molar-refractivity contribution in [3.05, 3.63) is 30.1 Å². The van der Waals surface area contributed by atoms with E-state index in [1.807, 2.05) is 18.2 Å². The maximum Gasteiger partial charge on any atom is 0.151 e. The van der Waals surface area contributed by atoms with Gasteiger partial charge in [-0.25, -0.2) is 4.98 Å². The summed E-state index contributed by atoms with van der Waals surface area (Å²) in [5.74, 6) is 1.07. The molecule has 0 radical (unpaired) electrons. The Bertz CT molecular complexity index is 609. The maximum atomic E-state index is 6.19. The smallest absolute Gasteiger partial charge is 0.151 e. The number of aromatic nitrogens is 2. The fourth-order valence-corrected chi connectivity index (χ4v) is 2.98. The summed E-state index contributed by atoms with van der Waals surface area (Å²) >= 11 is 0. The molecule has 2 N–H and O–H groups in total. The van der Waals surface area contributed by atoms with E-state index < -0.39 is 0 Å². The first-order valence-corrected chi connectivity index (χ1v) is 7.72. The highest BCUT2D eigenvalue weighted by atomic mass is 16.5. The van der Waals surface area contributed by atoms with Gasteiger partial charge >= 0.3 is 0 Å². The fraction of sp³-hybridized carbons (Fsp3) is 0.562. The molecule has 0 spiro atoms. The lowest BCUT2D eigenvalue weighted by molar-refractivity contribution is 0.121. The van der Waals surface area contributed by atoms with Crippen LogP contribution in [0.15, 0.2) is 24.4 Å². The molecule has 0 aliphatic carbocycles. The second-order valence-corrected chi connectivity index (χ2v) is 5.78. The third kappa shape index (κ3) is 2.76. The zero-order chi connectivity index (χ0) is 14.8. The fourth-order valence-electron chi connectivity index (χ4n) is 2.98. The van der Waals surface area contributed by atoms with E-state index in [1.54, 1.807) is 7.11 Å². The van der Waals surface area contributed by atoms with Gasteiger partial charge in [0.15, 0.2) is 5.82 Å². The second kappa shape index (κ2) is 6.03. The van der Waals surface area contributed by atoms with Gasteiger partial charge in [0.1, 0.15) is 5.65 Å². The largest absolute Gasteiger partial charge is 0.380 e. The Labute approximate surface area is 125 Å². The monoisotopic (exact) mass is 288 g/mol. The average molecular weight is 288 g/mol. The summed E-state index contributed by atoms with van der Waals surface area (Å²) in [6.07, 6.45) is 5.27. The van der Waals surface area contributed by atoms with Crippen LogP contribution in [0.4, 0.5) is 5.82 Å². The van der Waals surface area contributed by atoms with Crippen LogP contribution in [0.25, 0.3) is 5.65 Å². The van der Waals surface area contributed by atoms with Crippen LogP contribution in [0.2, 0.25) is 0 Å². The molecule has 3 rings (SSSR count). The van der Waals surface area contributed by atoms with E-state index in [1.165, 1.54) is 5.69 Å². The van der Waals surface area contributed by atoms with Gasteiger partial charge in [-0.05, 0) is 25.0 Å². The van der Waals surface area contributed by atoms with Gasteiger partial charge in [-0.3, -0.25) is 0 Å². The van der Waals surface area contributed by atoms with Crippen LogP contribution in [0.5, 0.6) is 0 Å². The summed E-state index contributed by atoms with van der Waals surface area (Å²) in [5.41, 5.74) is 8.40. The lowest BCUT2D eigenvalue weighted by Crippen LogP contribution is -2.27. The maximum absolute atomic E-state index is 6.19. The zero-order valence-corrected chi connectivity index (χ0v) is 12.8. The van der Waals surface area contributed by atoms with Crippen LogP contribution in [0.1, 0.15) is 25.5 Å². The Balaban J connectivity index is 1.98. The Morgan fingerprint density at radius 1 is 1.48 bits per heavy atom. The van der Waals surface area contributed by atoms with Crippen molar-refractivity contribution in [2.45, 2.75) is 38.3 Å². The summed E-state index contributed by atoms with van der Waals surface area (Å²) < 4.78 is 7.65. The zero-order valence-electron chi connectivity index (χ0n) is 12.8. The summed E-state index contributed by atoms with van der Waals surface area (Å²) in [5, 5.41) is 0. The molecule has 0 bridgehead atoms. The van der Waals surface area contributed by atoms with Gasteiger partial charge in [-0.2, -0.15) is 0 Å². The molecule has 5 heteroatoms. The minimum absolute atomic E-state index is 0.171. The molecule has 0 amide bonds. The summed E-state index contributed by atoms with van der Waals surface area (Å²) in [6.45, 7) is 4.04. The summed E-state index contributed by atoms with van der Waals surface area (Å²) in [4.78, 5) is 7.16. The quantitative estimate of drug-likeness (QED) is 0.912. The summed E-state index contributed by atoms with van der Waals surface area (Å²) in [7, 11) is 1.78. The van der Waals surface area contributed by atoms with Crippen LogP contribution >= 0.6 is 0 Å². The first-order chi connectivity index (χ1) is 10.2. The number of nitrogens with zero attached hydrogens (tertiary/aromatic N) is 3. The molecule has 3 heterocycles. The number of anilines is 1. The van der Waals surface area contributed by atoms with Crippen LogP contribution < -0.4 is 10.6 Å². The molecule has 0 saturated carbocycles. The van der Waals surface area contributed by atoms with Crippen molar-refractivity contribution in [1.82, 2.24) is 9.38 Å². The molecular weight excluding hydrogens is 264 g/mol. The van der Waals surface area contributed by atoms with Crippen molar-refractivity contribution in [1.29, 1.82) is 0 Å². The molecule has 2 unspecified atom stereocenters. The predicted octanol–water partition coefficient (Wildman–Crippen LogP) is 1.84. The molecule has 1 fully saturated rings. The molecule has 1 saturated heterocycles. The number of nitrogens with two attached hydrogens (primary N) is 1. The molecule has 0 aromatic carbocycles. The summed E-state index contributed by atoms with van der Waals surface area (Å²) in [6, 6.07) is 6.29. The third-order valence-corrected chi connectivity index (χ3v) is 4.37. The van der Waals surface area contributed by atoms with Gasteiger partial charge in [0.05, 0.1) is 11.8 Å². The minimum atomic E-state index is 0.171. The standard InChI is InChI=1S/C16H24N4O/c1-3-12(17)10-14-16(19-9-7-13(11-19)21-2)18-15-6-4-5-8-20(14)15/h4-6,8,12-13H,3,7,9-11,17H2,1-2H3. The van der Waals surface area contributed by atoms with Crippen LogP contribution in [-0.4, -0.2) is 41.7 Å². The number of hydrogen-bond acceptors (Lipinski definition) is 4. The number of pyridine rings is 1. The molecule has 2 aromatic rings. The van der Waals surface area contributed by atoms with Gasteiger partial charge in [0, 0.05) is 38.9 Å². The van der Waals surface area contributed by atoms with Gasteiger partial charge in [-0.1, -0.05) is 13.0 Å². The van der Waals surface area contributed by atoms with E-state index >= 15 is 0 Å². The number of fused-ring (bicyclic) bond motifs is 1. The molecular formula is C16H24N4O. The SMILES string of the molecule is CCC(N)Cc1c(N2CCC(OC)C2)nc2ccccn12. The minimum Gasteiger partial charge on any atom is -0.380 e. The lowest BCUT2D eigenvalue weighted by atomic mass is 10.1. The van der Waals surface area contributed by atoms with E-state index in [-0.39, 0.29) is 6.04 Å².